The maximum atomic E-state index is 12.0. The van der Waals surface area contributed by atoms with Crippen LogP contribution in [-0.2, 0) is 11.3 Å². The minimum Gasteiger partial charge on any atom is -0.333 e. The third-order valence-corrected chi connectivity index (χ3v) is 4.58. The van der Waals surface area contributed by atoms with Crippen LogP contribution >= 0.6 is 11.8 Å². The Kier molecular flexibility index (Phi) is 5.31. The summed E-state index contributed by atoms with van der Waals surface area (Å²) in [6, 6.07) is 7.43. The average Bonchev–Trinajstić information content (AvgIpc) is 2.91. The lowest BCUT2D eigenvalue weighted by Crippen LogP contribution is -2.48. The van der Waals surface area contributed by atoms with E-state index in [1.165, 1.54) is 0 Å². The lowest BCUT2D eigenvalue weighted by atomic mass is 10.1. The summed E-state index contributed by atoms with van der Waals surface area (Å²) in [6.45, 7) is 8.32. The van der Waals surface area contributed by atoms with Gasteiger partial charge in [0.15, 0.2) is 5.65 Å². The van der Waals surface area contributed by atoms with Gasteiger partial charge >= 0.3 is 6.03 Å². The Labute approximate surface area is 161 Å². The minimum atomic E-state index is -0.520. The number of hydrogen-bond acceptors (Lipinski definition) is 6. The Hall–Kier alpha value is -2.68. The first-order chi connectivity index (χ1) is 12.8. The third kappa shape index (κ3) is 4.36. The summed E-state index contributed by atoms with van der Waals surface area (Å²) in [6.07, 6.45) is 0. The molecule has 2 aromatic heterocycles. The lowest BCUT2D eigenvalue weighted by Gasteiger charge is -2.20. The van der Waals surface area contributed by atoms with Crippen molar-refractivity contribution in [2.75, 3.05) is 5.75 Å². The van der Waals surface area contributed by atoms with Gasteiger partial charge in [0.1, 0.15) is 5.52 Å². The summed E-state index contributed by atoms with van der Waals surface area (Å²) in [5.41, 5.74) is 2.12. The number of nitrogens with zero attached hydrogens (tertiary/aromatic N) is 4. The smallest absolute Gasteiger partial charge is 0.321 e. The molecule has 0 unspecified atom stereocenters. The van der Waals surface area contributed by atoms with Crippen molar-refractivity contribution in [1.29, 1.82) is 0 Å². The fraction of sp³-hybridized carbons (Fsp3) is 0.389. The zero-order valence-corrected chi connectivity index (χ0v) is 16.6. The molecule has 0 aliphatic carbocycles. The molecule has 0 saturated heterocycles. The van der Waals surface area contributed by atoms with E-state index in [9.17, 15) is 9.59 Å². The number of aryl methyl sites for hydroxylation is 1. The first-order valence-corrected chi connectivity index (χ1v) is 9.63. The molecule has 2 N–H and O–H groups in total. The molecule has 3 amide bonds. The first kappa shape index (κ1) is 19.1. The van der Waals surface area contributed by atoms with Crippen LogP contribution in [0.15, 0.2) is 29.4 Å². The number of urea groups is 1. The predicted molar refractivity (Wildman–Crippen MR) is 106 cm³/mol. The normalized spacial score (nSPS) is 11.7. The molecule has 0 fully saturated rings. The number of hydrogen-bond donors (Lipinski definition) is 2. The molecule has 0 aliphatic heterocycles. The number of para-hydroxylation sites is 1. The Morgan fingerprint density at radius 1 is 1.19 bits per heavy atom. The Morgan fingerprint density at radius 2 is 1.93 bits per heavy atom. The van der Waals surface area contributed by atoms with Crippen molar-refractivity contribution in [3.05, 3.63) is 24.3 Å². The number of aromatic nitrogens is 4. The van der Waals surface area contributed by atoms with Crippen molar-refractivity contribution in [1.82, 2.24) is 30.4 Å². The van der Waals surface area contributed by atoms with Crippen LogP contribution in [0.25, 0.3) is 22.1 Å². The van der Waals surface area contributed by atoms with E-state index in [1.807, 2.05) is 52.0 Å². The third-order valence-electron chi connectivity index (χ3n) is 3.74. The molecule has 9 heteroatoms. The number of carbonyl (C=O) groups excluding carboxylic acids is 2. The average molecular weight is 386 g/mol. The zero-order valence-electron chi connectivity index (χ0n) is 15.7. The number of fused-ring (bicyclic) bond motifs is 3. The van der Waals surface area contributed by atoms with E-state index in [-0.39, 0.29) is 5.75 Å². The van der Waals surface area contributed by atoms with Crippen LogP contribution in [0, 0.1) is 0 Å². The highest BCUT2D eigenvalue weighted by Crippen LogP contribution is 2.26. The van der Waals surface area contributed by atoms with Crippen LogP contribution in [0.5, 0.6) is 0 Å². The molecule has 0 spiro atoms. The van der Waals surface area contributed by atoms with E-state index < -0.39 is 17.5 Å². The van der Waals surface area contributed by atoms with Crippen LogP contribution in [0.2, 0.25) is 0 Å². The second kappa shape index (κ2) is 7.51. The molecule has 3 aromatic rings. The molecule has 0 radical (unpaired) electrons. The van der Waals surface area contributed by atoms with Gasteiger partial charge in [0.05, 0.1) is 11.3 Å². The number of benzene rings is 1. The second-order valence-corrected chi connectivity index (χ2v) is 8.01. The van der Waals surface area contributed by atoms with E-state index >= 15 is 0 Å². The monoisotopic (exact) mass is 386 g/mol. The molecular formula is C18H22N6O2S. The number of nitrogens with one attached hydrogen (secondary N) is 2. The highest BCUT2D eigenvalue weighted by molar-refractivity contribution is 7.99. The van der Waals surface area contributed by atoms with E-state index in [1.54, 1.807) is 0 Å². The van der Waals surface area contributed by atoms with Crippen molar-refractivity contribution in [2.45, 2.75) is 44.9 Å². The molecule has 0 atom stereocenters. The van der Waals surface area contributed by atoms with Gasteiger partial charge in [-0.2, -0.15) is 0 Å². The topological polar surface area (TPSA) is 102 Å². The summed E-state index contributed by atoms with van der Waals surface area (Å²) in [5.74, 6) is -0.390. The van der Waals surface area contributed by atoms with Crippen molar-refractivity contribution < 1.29 is 9.59 Å². The molecule has 0 saturated carbocycles. The summed E-state index contributed by atoms with van der Waals surface area (Å²) >= 11 is 1.14. The van der Waals surface area contributed by atoms with Gasteiger partial charge in [-0.3, -0.25) is 10.1 Å². The molecule has 0 bridgehead atoms. The molecule has 3 rings (SSSR count). The SMILES string of the molecule is CCn1c2ccccc2c2nnc(SCC(=O)NC(=O)NC(C)(C)C)nc21. The summed E-state index contributed by atoms with van der Waals surface area (Å²) < 4.78 is 2.07. The van der Waals surface area contributed by atoms with E-state index in [4.69, 9.17) is 0 Å². The van der Waals surface area contributed by atoms with E-state index in [0.29, 0.717) is 5.16 Å². The second-order valence-electron chi connectivity index (χ2n) is 7.07. The highest BCUT2D eigenvalue weighted by Gasteiger charge is 2.17. The van der Waals surface area contributed by atoms with Gasteiger partial charge in [-0.05, 0) is 33.8 Å². The van der Waals surface area contributed by atoms with Crippen molar-refractivity contribution in [3.63, 3.8) is 0 Å². The van der Waals surface area contributed by atoms with Gasteiger partial charge in [-0.25, -0.2) is 9.78 Å². The molecule has 0 aliphatic rings. The molecule has 1 aromatic carbocycles. The molecule has 8 nitrogen and oxygen atoms in total. The maximum absolute atomic E-state index is 12.0. The van der Waals surface area contributed by atoms with Crippen molar-refractivity contribution in [2.24, 2.45) is 0 Å². The first-order valence-electron chi connectivity index (χ1n) is 8.65. The van der Waals surface area contributed by atoms with Crippen LogP contribution < -0.4 is 10.6 Å². The van der Waals surface area contributed by atoms with E-state index in [2.05, 4.69) is 30.4 Å². The van der Waals surface area contributed by atoms with Crippen molar-refractivity contribution >= 4 is 45.8 Å². The number of amides is 3. The van der Waals surface area contributed by atoms with Gasteiger partial charge in [-0.1, -0.05) is 30.0 Å². The standard InChI is InChI=1S/C18H22N6O2S/c1-5-24-12-9-7-6-8-11(12)14-15(24)20-17(23-22-14)27-10-13(25)19-16(26)21-18(2,3)4/h6-9H,5,10H2,1-4H3,(H2,19,21,25,26). The summed E-state index contributed by atoms with van der Waals surface area (Å²) in [7, 11) is 0. The largest absolute Gasteiger partial charge is 0.333 e. The fourth-order valence-corrected chi connectivity index (χ4v) is 3.32. The fourth-order valence-electron chi connectivity index (χ4n) is 2.74. The Morgan fingerprint density at radius 3 is 2.63 bits per heavy atom. The number of thioether (sulfide) groups is 1. The van der Waals surface area contributed by atoms with Gasteiger partial charge in [0.2, 0.25) is 11.1 Å². The summed E-state index contributed by atoms with van der Waals surface area (Å²) in [4.78, 5) is 28.3. The van der Waals surface area contributed by atoms with Gasteiger partial charge in [-0.15, -0.1) is 10.2 Å². The Balaban J connectivity index is 1.73. The van der Waals surface area contributed by atoms with Crippen LogP contribution in [0.3, 0.4) is 0 Å². The maximum Gasteiger partial charge on any atom is 0.321 e. The molecule has 2 heterocycles. The predicted octanol–water partition coefficient (Wildman–Crippen LogP) is 2.72. The van der Waals surface area contributed by atoms with Crippen LogP contribution in [-0.4, -0.2) is 43.0 Å². The zero-order chi connectivity index (χ0) is 19.6. The molecular weight excluding hydrogens is 364 g/mol. The Bertz CT molecular complexity index is 1010. The van der Waals surface area contributed by atoms with Gasteiger partial charge < -0.3 is 9.88 Å². The molecule has 142 valence electrons. The molecule has 27 heavy (non-hydrogen) atoms. The van der Waals surface area contributed by atoms with Crippen molar-refractivity contribution in [3.8, 4) is 0 Å². The highest BCUT2D eigenvalue weighted by atomic mass is 32.2. The summed E-state index contributed by atoms with van der Waals surface area (Å²) in [5, 5.41) is 14.8. The minimum absolute atomic E-state index is 0.0249. The van der Waals surface area contributed by atoms with Gasteiger partial charge in [0, 0.05) is 17.5 Å². The lowest BCUT2D eigenvalue weighted by molar-refractivity contribution is -0.117. The quantitative estimate of drug-likeness (QED) is 0.669. The number of imide groups is 1. The number of carbonyl (C=O) groups is 2. The van der Waals surface area contributed by atoms with E-state index in [0.717, 1.165) is 40.4 Å². The van der Waals surface area contributed by atoms with Crippen LogP contribution in [0.1, 0.15) is 27.7 Å². The number of rotatable bonds is 4. The van der Waals surface area contributed by atoms with Gasteiger partial charge in [0.25, 0.3) is 0 Å². The van der Waals surface area contributed by atoms with Crippen LogP contribution in [0.4, 0.5) is 4.79 Å².